The fourth-order valence-corrected chi connectivity index (χ4v) is 1.64. The van der Waals surface area contributed by atoms with Gasteiger partial charge in [0.25, 0.3) is 0 Å². The lowest BCUT2D eigenvalue weighted by Gasteiger charge is -2.28. The minimum absolute atomic E-state index is 0.781. The van der Waals surface area contributed by atoms with E-state index < -0.39 is 0 Å². The fourth-order valence-electron chi connectivity index (χ4n) is 1.64. The second-order valence-corrected chi connectivity index (χ2v) is 3.23. The highest BCUT2D eigenvalue weighted by molar-refractivity contribution is 4.69. The molecule has 1 heterocycles. The zero-order valence-corrected chi connectivity index (χ0v) is 6.97. The Balaban J connectivity index is 2.18. The Labute approximate surface area is 63.2 Å². The van der Waals surface area contributed by atoms with Gasteiger partial charge in [-0.3, -0.25) is 0 Å². The summed E-state index contributed by atoms with van der Waals surface area (Å²) in [6.45, 7) is 3.42. The topological polar surface area (TPSA) is 12.5 Å². The minimum atomic E-state index is 0.781. The summed E-state index contributed by atoms with van der Waals surface area (Å²) in [6, 6.07) is 0. The van der Waals surface area contributed by atoms with Gasteiger partial charge in [0.05, 0.1) is 6.61 Å². The van der Waals surface area contributed by atoms with Crippen LogP contribution in [0.3, 0.4) is 0 Å². The second kappa shape index (κ2) is 3.94. The van der Waals surface area contributed by atoms with Crippen molar-refractivity contribution in [1.29, 1.82) is 0 Å². The zero-order chi connectivity index (χ0) is 7.40. The molecule has 1 atom stereocenters. The van der Waals surface area contributed by atoms with Gasteiger partial charge in [-0.05, 0) is 32.4 Å². The van der Waals surface area contributed by atoms with Crippen molar-refractivity contribution in [2.45, 2.75) is 12.8 Å². The van der Waals surface area contributed by atoms with E-state index in [9.17, 15) is 0 Å². The third kappa shape index (κ3) is 2.27. The number of hydrogen-bond donors (Lipinski definition) is 0. The standard InChI is InChI=1S/C8H17NO/c1-9-5-3-4-8(6-9)7-10-2/h8H,3-7H2,1-2H3. The highest BCUT2D eigenvalue weighted by Gasteiger charge is 2.15. The van der Waals surface area contributed by atoms with E-state index >= 15 is 0 Å². The van der Waals surface area contributed by atoms with Crippen molar-refractivity contribution >= 4 is 0 Å². The highest BCUT2D eigenvalue weighted by Crippen LogP contribution is 2.14. The summed E-state index contributed by atoms with van der Waals surface area (Å²) in [5.74, 6) is 0.781. The number of nitrogens with zero attached hydrogens (tertiary/aromatic N) is 1. The molecule has 1 aliphatic rings. The molecule has 0 radical (unpaired) electrons. The molecule has 1 unspecified atom stereocenters. The van der Waals surface area contributed by atoms with Gasteiger partial charge in [-0.25, -0.2) is 0 Å². The van der Waals surface area contributed by atoms with Crippen LogP contribution in [0.2, 0.25) is 0 Å². The van der Waals surface area contributed by atoms with Gasteiger partial charge in [-0.15, -0.1) is 0 Å². The predicted octanol–water partition coefficient (Wildman–Crippen LogP) is 0.975. The molecular formula is C8H17NO. The highest BCUT2D eigenvalue weighted by atomic mass is 16.5. The van der Waals surface area contributed by atoms with Crippen LogP contribution in [0.15, 0.2) is 0 Å². The number of piperidine rings is 1. The van der Waals surface area contributed by atoms with Crippen molar-refractivity contribution in [3.63, 3.8) is 0 Å². The SMILES string of the molecule is COCC1CCCN(C)C1. The molecule has 0 aromatic carbocycles. The van der Waals surface area contributed by atoms with E-state index in [0.717, 1.165) is 12.5 Å². The van der Waals surface area contributed by atoms with Gasteiger partial charge in [0, 0.05) is 13.7 Å². The largest absolute Gasteiger partial charge is 0.384 e. The number of ether oxygens (including phenoxy) is 1. The monoisotopic (exact) mass is 143 g/mol. The van der Waals surface area contributed by atoms with E-state index in [1.165, 1.54) is 25.9 Å². The van der Waals surface area contributed by atoms with Crippen LogP contribution in [0.5, 0.6) is 0 Å². The second-order valence-electron chi connectivity index (χ2n) is 3.23. The Morgan fingerprint density at radius 1 is 1.60 bits per heavy atom. The van der Waals surface area contributed by atoms with Gasteiger partial charge >= 0.3 is 0 Å². The lowest BCUT2D eigenvalue weighted by atomic mass is 10.00. The van der Waals surface area contributed by atoms with Crippen LogP contribution in [0, 0.1) is 5.92 Å². The number of hydrogen-bond acceptors (Lipinski definition) is 2. The number of likely N-dealkylation sites (tertiary alicyclic amines) is 1. The first-order valence-corrected chi connectivity index (χ1v) is 4.00. The van der Waals surface area contributed by atoms with Gasteiger partial charge in [0.1, 0.15) is 0 Å². The molecule has 2 heteroatoms. The van der Waals surface area contributed by atoms with Crippen molar-refractivity contribution in [2.75, 3.05) is 33.9 Å². The van der Waals surface area contributed by atoms with Gasteiger partial charge in [-0.1, -0.05) is 0 Å². The van der Waals surface area contributed by atoms with Crippen molar-refractivity contribution in [2.24, 2.45) is 5.92 Å². The van der Waals surface area contributed by atoms with E-state index in [1.807, 2.05) is 0 Å². The molecule has 0 aliphatic carbocycles. The average molecular weight is 143 g/mol. The van der Waals surface area contributed by atoms with Gasteiger partial charge in [0.2, 0.25) is 0 Å². The Bertz CT molecular complexity index is 93.3. The molecule has 0 N–H and O–H groups in total. The summed E-state index contributed by atoms with van der Waals surface area (Å²) < 4.78 is 5.10. The van der Waals surface area contributed by atoms with Gasteiger partial charge in [-0.2, -0.15) is 0 Å². The first-order chi connectivity index (χ1) is 4.83. The molecular weight excluding hydrogens is 126 g/mol. The quantitative estimate of drug-likeness (QED) is 0.571. The van der Waals surface area contributed by atoms with Crippen LogP contribution >= 0.6 is 0 Å². The van der Waals surface area contributed by atoms with E-state index in [-0.39, 0.29) is 0 Å². The van der Waals surface area contributed by atoms with Crippen LogP contribution in [0.25, 0.3) is 0 Å². The third-order valence-corrected chi connectivity index (χ3v) is 2.12. The van der Waals surface area contributed by atoms with Crippen molar-refractivity contribution in [3.05, 3.63) is 0 Å². The maximum atomic E-state index is 5.10. The summed E-state index contributed by atoms with van der Waals surface area (Å²) in [6.07, 6.45) is 2.68. The molecule has 1 saturated heterocycles. The van der Waals surface area contributed by atoms with Crippen LogP contribution in [-0.4, -0.2) is 38.8 Å². The normalized spacial score (nSPS) is 28.8. The van der Waals surface area contributed by atoms with Crippen LogP contribution in [0.4, 0.5) is 0 Å². The Hall–Kier alpha value is -0.0800. The molecule has 0 amide bonds. The van der Waals surface area contributed by atoms with Crippen molar-refractivity contribution < 1.29 is 4.74 Å². The summed E-state index contributed by atoms with van der Waals surface area (Å²) in [7, 11) is 3.97. The zero-order valence-electron chi connectivity index (χ0n) is 6.97. The van der Waals surface area contributed by atoms with Crippen molar-refractivity contribution in [1.82, 2.24) is 4.90 Å². The van der Waals surface area contributed by atoms with Gasteiger partial charge in [0.15, 0.2) is 0 Å². The molecule has 1 fully saturated rings. The molecule has 1 aliphatic heterocycles. The molecule has 0 saturated carbocycles. The van der Waals surface area contributed by atoms with E-state index in [4.69, 9.17) is 4.74 Å². The van der Waals surface area contributed by atoms with E-state index in [2.05, 4.69) is 11.9 Å². The molecule has 0 spiro atoms. The fraction of sp³-hybridized carbons (Fsp3) is 1.00. The Kier molecular flexibility index (Phi) is 3.16. The predicted molar refractivity (Wildman–Crippen MR) is 42.1 cm³/mol. The van der Waals surface area contributed by atoms with Crippen molar-refractivity contribution in [3.8, 4) is 0 Å². The van der Waals surface area contributed by atoms with Crippen LogP contribution < -0.4 is 0 Å². The lowest BCUT2D eigenvalue weighted by molar-refractivity contribution is 0.102. The molecule has 0 bridgehead atoms. The number of rotatable bonds is 2. The molecule has 1 rings (SSSR count). The third-order valence-electron chi connectivity index (χ3n) is 2.12. The first-order valence-electron chi connectivity index (χ1n) is 4.00. The summed E-state index contributed by atoms with van der Waals surface area (Å²) >= 11 is 0. The minimum Gasteiger partial charge on any atom is -0.384 e. The van der Waals surface area contributed by atoms with Crippen LogP contribution in [-0.2, 0) is 4.74 Å². The van der Waals surface area contributed by atoms with E-state index in [1.54, 1.807) is 7.11 Å². The molecule has 2 nitrogen and oxygen atoms in total. The smallest absolute Gasteiger partial charge is 0.0502 e. The molecule has 60 valence electrons. The van der Waals surface area contributed by atoms with Gasteiger partial charge < -0.3 is 9.64 Å². The number of methoxy groups -OCH3 is 1. The molecule has 10 heavy (non-hydrogen) atoms. The summed E-state index contributed by atoms with van der Waals surface area (Å²) in [5, 5.41) is 0. The maximum absolute atomic E-state index is 5.10. The molecule has 0 aromatic heterocycles. The first kappa shape index (κ1) is 8.02. The lowest BCUT2D eigenvalue weighted by Crippen LogP contribution is -2.33. The summed E-state index contributed by atoms with van der Waals surface area (Å²) in [5.41, 5.74) is 0. The maximum Gasteiger partial charge on any atom is 0.0502 e. The van der Waals surface area contributed by atoms with Crippen LogP contribution in [0.1, 0.15) is 12.8 Å². The van der Waals surface area contributed by atoms with E-state index in [0.29, 0.717) is 0 Å². The average Bonchev–Trinajstić information content (AvgIpc) is 1.88. The molecule has 0 aromatic rings. The Morgan fingerprint density at radius 3 is 3.00 bits per heavy atom. The Morgan fingerprint density at radius 2 is 2.40 bits per heavy atom. The summed E-state index contributed by atoms with van der Waals surface area (Å²) in [4.78, 5) is 2.38.